The standard InChI is InChI=1S/C7H11O.2CH3.H2N.Pd/c1-2-3-4-5-6-7-8;;;;/h4-5H,2-3,6H2,1H3;2*1H3;1H2;/q4*-1;. The molecule has 0 aromatic heterocycles. The van der Waals surface area contributed by atoms with Gasteiger partial charge in [0.05, 0.1) is 0 Å². The third-order valence-corrected chi connectivity index (χ3v) is 0.823. The van der Waals surface area contributed by atoms with E-state index in [9.17, 15) is 4.79 Å². The van der Waals surface area contributed by atoms with Gasteiger partial charge >= 0.3 is 0 Å². The number of unbranched alkanes of at least 4 members (excludes halogenated alkanes) is 1. The van der Waals surface area contributed by atoms with Crippen LogP contribution in [0.1, 0.15) is 26.2 Å². The van der Waals surface area contributed by atoms with Gasteiger partial charge in [-0.05, 0) is 6.42 Å². The van der Waals surface area contributed by atoms with E-state index in [0.29, 0.717) is 6.42 Å². The number of hydrogen-bond acceptors (Lipinski definition) is 1. The first-order valence-corrected chi connectivity index (χ1v) is 2.91. The van der Waals surface area contributed by atoms with E-state index in [2.05, 4.69) is 6.92 Å². The second-order valence-corrected chi connectivity index (χ2v) is 1.61. The van der Waals surface area contributed by atoms with Crippen LogP contribution in [0.5, 0.6) is 0 Å². The molecule has 0 spiro atoms. The summed E-state index contributed by atoms with van der Waals surface area (Å²) in [7, 11) is 0. The Morgan fingerprint density at radius 1 is 1.25 bits per heavy atom. The van der Waals surface area contributed by atoms with Crippen LogP contribution in [0.4, 0.5) is 0 Å². The van der Waals surface area contributed by atoms with E-state index >= 15 is 0 Å². The van der Waals surface area contributed by atoms with E-state index in [1.165, 1.54) is 0 Å². The van der Waals surface area contributed by atoms with Crippen molar-refractivity contribution in [2.75, 3.05) is 0 Å². The van der Waals surface area contributed by atoms with Crippen molar-refractivity contribution in [2.45, 2.75) is 26.2 Å². The summed E-state index contributed by atoms with van der Waals surface area (Å²) in [5.41, 5.74) is 0. The first kappa shape index (κ1) is 29.6. The Morgan fingerprint density at radius 2 is 1.75 bits per heavy atom. The molecule has 0 radical (unpaired) electrons. The van der Waals surface area contributed by atoms with Crippen LogP contribution in [0.3, 0.4) is 0 Å². The minimum atomic E-state index is 0. The molecule has 0 fully saturated rings. The van der Waals surface area contributed by atoms with Crippen LogP contribution in [0.15, 0.2) is 12.2 Å². The fraction of sp³-hybridized carbons (Fsp3) is 0.444. The normalized spacial score (nSPS) is 6.75. The quantitative estimate of drug-likeness (QED) is 0.435. The summed E-state index contributed by atoms with van der Waals surface area (Å²) in [5, 5.41) is 0. The Labute approximate surface area is 91.1 Å². The minimum Gasteiger partial charge on any atom is -0.693 e. The van der Waals surface area contributed by atoms with Crippen LogP contribution in [0, 0.1) is 14.9 Å². The van der Waals surface area contributed by atoms with Crippen LogP contribution in [-0.2, 0) is 25.2 Å². The molecule has 0 heterocycles. The van der Waals surface area contributed by atoms with Crippen molar-refractivity contribution in [3.8, 4) is 0 Å². The summed E-state index contributed by atoms with van der Waals surface area (Å²) in [6.07, 6.45) is 8.30. The molecule has 0 unspecified atom stereocenters. The molecular formula is C9H19NOPd-4. The van der Waals surface area contributed by atoms with Crippen molar-refractivity contribution in [3.05, 3.63) is 33.2 Å². The summed E-state index contributed by atoms with van der Waals surface area (Å²) in [4.78, 5) is 9.59. The molecule has 0 aliphatic rings. The smallest absolute Gasteiger partial charge is 0 e. The molecular weight excluding hydrogens is 245 g/mol. The van der Waals surface area contributed by atoms with Crippen molar-refractivity contribution in [2.24, 2.45) is 0 Å². The molecule has 80 valence electrons. The molecule has 0 rings (SSSR count). The van der Waals surface area contributed by atoms with Crippen molar-refractivity contribution >= 4 is 6.29 Å². The third-order valence-electron chi connectivity index (χ3n) is 0.823. The van der Waals surface area contributed by atoms with E-state index in [1.54, 1.807) is 6.29 Å². The van der Waals surface area contributed by atoms with Crippen LogP contribution < -0.4 is 0 Å². The van der Waals surface area contributed by atoms with Gasteiger partial charge in [-0.3, -0.25) is 6.29 Å². The topological polar surface area (TPSA) is 50.6 Å². The van der Waals surface area contributed by atoms with E-state index < -0.39 is 0 Å². The van der Waals surface area contributed by atoms with Gasteiger partial charge in [-0.25, -0.2) is 0 Å². The van der Waals surface area contributed by atoms with Crippen LogP contribution >= 0.6 is 0 Å². The molecule has 2 nitrogen and oxygen atoms in total. The van der Waals surface area contributed by atoms with E-state index in [1.807, 2.05) is 12.2 Å². The predicted octanol–water partition coefficient (Wildman–Crippen LogP) is 3.46. The Kier molecular flexibility index (Phi) is 75.3. The molecule has 0 saturated heterocycles. The summed E-state index contributed by atoms with van der Waals surface area (Å²) in [5.74, 6) is 0. The summed E-state index contributed by atoms with van der Waals surface area (Å²) >= 11 is 0. The third kappa shape index (κ3) is 32.3. The molecule has 0 amide bonds. The van der Waals surface area contributed by atoms with Crippen molar-refractivity contribution in [3.63, 3.8) is 0 Å². The van der Waals surface area contributed by atoms with Crippen molar-refractivity contribution in [1.29, 1.82) is 0 Å². The molecule has 0 aliphatic heterocycles. The Morgan fingerprint density at radius 3 is 2.08 bits per heavy atom. The van der Waals surface area contributed by atoms with Crippen LogP contribution in [0.2, 0.25) is 0 Å². The van der Waals surface area contributed by atoms with Crippen LogP contribution in [0.25, 0.3) is 6.15 Å². The fourth-order valence-electron chi connectivity index (χ4n) is 0.416. The minimum absolute atomic E-state index is 0. The molecule has 12 heavy (non-hydrogen) atoms. The average Bonchev–Trinajstić information content (AvgIpc) is 1.81. The Balaban J connectivity index is -0.0000000408. The molecule has 0 atom stereocenters. The molecule has 0 aromatic rings. The largest absolute Gasteiger partial charge is 0.693 e. The summed E-state index contributed by atoms with van der Waals surface area (Å²) in [6.45, 7) is 2.11. The second-order valence-electron chi connectivity index (χ2n) is 1.61. The maximum Gasteiger partial charge on any atom is 0 e. The maximum absolute atomic E-state index is 9.59. The first-order chi connectivity index (χ1) is 3.91. The average molecular weight is 264 g/mol. The number of allylic oxidation sites excluding steroid dienone is 2. The summed E-state index contributed by atoms with van der Waals surface area (Å²) < 4.78 is 0. The number of rotatable bonds is 4. The molecule has 2 N–H and O–H groups in total. The van der Waals surface area contributed by atoms with Crippen molar-refractivity contribution in [1.82, 2.24) is 0 Å². The first-order valence-electron chi connectivity index (χ1n) is 2.91. The van der Waals surface area contributed by atoms with E-state index in [0.717, 1.165) is 12.8 Å². The fourth-order valence-corrected chi connectivity index (χ4v) is 0.416. The van der Waals surface area contributed by atoms with Gasteiger partial charge in [0.25, 0.3) is 0 Å². The number of nitrogens with two attached hydrogens (primary N) is 1. The van der Waals surface area contributed by atoms with Gasteiger partial charge in [0, 0.05) is 20.4 Å². The van der Waals surface area contributed by atoms with E-state index in [-0.39, 0.29) is 41.4 Å². The number of hydrogen-bond donors (Lipinski definition) is 0. The zero-order valence-electron chi connectivity index (χ0n) is 8.08. The number of carbonyl (C=O) groups excluding carboxylic acids is 1. The second kappa shape index (κ2) is 30.5. The van der Waals surface area contributed by atoms with Crippen LogP contribution in [-0.4, -0.2) is 6.29 Å². The maximum atomic E-state index is 9.59. The van der Waals surface area contributed by atoms with Crippen molar-refractivity contribution < 1.29 is 25.2 Å². The molecule has 0 aliphatic carbocycles. The van der Waals surface area contributed by atoms with Gasteiger partial charge in [0.15, 0.2) is 0 Å². The van der Waals surface area contributed by atoms with Gasteiger partial charge in [-0.2, -0.15) is 0 Å². The predicted molar refractivity (Wildman–Crippen MR) is 52.5 cm³/mol. The van der Waals surface area contributed by atoms with E-state index in [4.69, 9.17) is 0 Å². The molecule has 0 saturated carbocycles. The monoisotopic (exact) mass is 263 g/mol. The van der Waals surface area contributed by atoms with Gasteiger partial charge in [-0.15, -0.1) is 12.5 Å². The van der Waals surface area contributed by atoms with Gasteiger partial charge in [0.2, 0.25) is 0 Å². The molecule has 0 aromatic carbocycles. The zero-order chi connectivity index (χ0) is 6.24. The zero-order valence-corrected chi connectivity index (χ0v) is 9.63. The SMILES string of the molecule is CCCC=CC[C-]=O.[CH3-].[CH3-].[NH2-].[Pd]. The summed E-state index contributed by atoms with van der Waals surface area (Å²) in [6, 6.07) is 0. The van der Waals surface area contributed by atoms with Gasteiger partial charge in [0.1, 0.15) is 0 Å². The molecule has 3 heteroatoms. The van der Waals surface area contributed by atoms with Gasteiger partial charge in [-0.1, -0.05) is 19.4 Å². The Bertz CT molecular complexity index is 84.6. The Hall–Kier alpha value is 0.0323. The van der Waals surface area contributed by atoms with Gasteiger partial charge < -0.3 is 25.8 Å². The molecule has 0 bridgehead atoms.